The molecule has 0 radical (unpaired) electrons. The fourth-order valence-electron chi connectivity index (χ4n) is 4.39. The van der Waals surface area contributed by atoms with Crippen LogP contribution in [0.2, 0.25) is 0 Å². The topological polar surface area (TPSA) is 103 Å². The number of amides is 4. The van der Waals surface area contributed by atoms with Crippen LogP contribution in [0.3, 0.4) is 0 Å². The highest BCUT2D eigenvalue weighted by atomic mass is 16.2. The van der Waals surface area contributed by atoms with Crippen LogP contribution in [0, 0.1) is 0 Å². The molecule has 33 heavy (non-hydrogen) atoms. The highest BCUT2D eigenvalue weighted by molar-refractivity contribution is 5.99. The van der Waals surface area contributed by atoms with Crippen LogP contribution < -0.4 is 16.0 Å². The number of fused-ring (bicyclic) bond motifs is 2. The third-order valence-corrected chi connectivity index (χ3v) is 6.08. The summed E-state index contributed by atoms with van der Waals surface area (Å²) in [5.74, 6) is -0.121. The number of hydrogen-bond acceptors (Lipinski definition) is 4. The molecular weight excluding hydrogens is 418 g/mol. The fourth-order valence-corrected chi connectivity index (χ4v) is 4.39. The summed E-state index contributed by atoms with van der Waals surface area (Å²) in [5.41, 5.74) is 3.72. The first-order chi connectivity index (χ1) is 16.0. The highest BCUT2D eigenvalue weighted by Crippen LogP contribution is 2.30. The molecule has 3 N–H and O–H groups in total. The van der Waals surface area contributed by atoms with Crippen LogP contribution in [0.5, 0.6) is 0 Å². The molecule has 1 aromatic heterocycles. The van der Waals surface area contributed by atoms with Crippen LogP contribution in [0.1, 0.15) is 34.3 Å². The van der Waals surface area contributed by atoms with Gasteiger partial charge in [0.25, 0.3) is 5.91 Å². The normalized spacial score (nSPS) is 17.6. The van der Waals surface area contributed by atoms with Gasteiger partial charge in [-0.15, -0.1) is 0 Å². The largest absolute Gasteiger partial charge is 0.334 e. The smallest absolute Gasteiger partial charge is 0.319 e. The molecule has 166 valence electrons. The van der Waals surface area contributed by atoms with Crippen molar-refractivity contribution >= 4 is 34.3 Å². The fraction of sp³-hybridized carbons (Fsp3) is 0.200. The predicted octanol–water partition coefficient (Wildman–Crippen LogP) is 3.30. The van der Waals surface area contributed by atoms with E-state index < -0.39 is 0 Å². The number of piperidine rings is 1. The molecule has 3 heterocycles. The molecule has 3 aromatic rings. The molecule has 1 fully saturated rings. The van der Waals surface area contributed by atoms with Gasteiger partial charge in [-0.1, -0.05) is 24.8 Å². The van der Waals surface area contributed by atoms with Gasteiger partial charge in [0.05, 0.1) is 6.04 Å². The summed E-state index contributed by atoms with van der Waals surface area (Å²) in [6.45, 7) is 4.71. The van der Waals surface area contributed by atoms with Crippen molar-refractivity contribution in [3.63, 3.8) is 0 Å². The van der Waals surface area contributed by atoms with Crippen LogP contribution in [-0.4, -0.2) is 33.8 Å². The maximum Gasteiger partial charge on any atom is 0.319 e. The molecule has 8 nitrogen and oxygen atoms in total. The SMILES string of the molecule is C=C1NC(=O)CCC1N1Cc2cc(CNC(=O)Nc3ccc4cnccc4c3)ccc2C1=O. The summed E-state index contributed by atoms with van der Waals surface area (Å²) in [6.07, 6.45) is 4.44. The predicted molar refractivity (Wildman–Crippen MR) is 124 cm³/mol. The molecule has 0 bridgehead atoms. The summed E-state index contributed by atoms with van der Waals surface area (Å²) in [5, 5.41) is 10.4. The van der Waals surface area contributed by atoms with E-state index in [1.165, 1.54) is 0 Å². The van der Waals surface area contributed by atoms with Gasteiger partial charge in [0.1, 0.15) is 0 Å². The number of benzene rings is 2. The second-order valence-electron chi connectivity index (χ2n) is 8.30. The minimum Gasteiger partial charge on any atom is -0.334 e. The van der Waals surface area contributed by atoms with E-state index in [1.807, 2.05) is 36.4 Å². The van der Waals surface area contributed by atoms with E-state index >= 15 is 0 Å². The maximum atomic E-state index is 12.9. The van der Waals surface area contributed by atoms with Gasteiger partial charge >= 0.3 is 6.03 Å². The van der Waals surface area contributed by atoms with Gasteiger partial charge in [-0.2, -0.15) is 0 Å². The Kier molecular flexibility index (Phi) is 5.26. The lowest BCUT2D eigenvalue weighted by molar-refractivity contribution is -0.121. The molecule has 0 spiro atoms. The Morgan fingerprint density at radius 2 is 2.03 bits per heavy atom. The molecule has 1 saturated heterocycles. The third kappa shape index (κ3) is 4.15. The summed E-state index contributed by atoms with van der Waals surface area (Å²) in [7, 11) is 0. The highest BCUT2D eigenvalue weighted by Gasteiger charge is 2.36. The van der Waals surface area contributed by atoms with Crippen molar-refractivity contribution in [2.24, 2.45) is 0 Å². The van der Waals surface area contributed by atoms with Crippen molar-refractivity contribution in [3.05, 3.63) is 83.8 Å². The van der Waals surface area contributed by atoms with E-state index in [4.69, 9.17) is 0 Å². The van der Waals surface area contributed by atoms with Gasteiger partial charge in [-0.3, -0.25) is 14.6 Å². The molecule has 8 heteroatoms. The van der Waals surface area contributed by atoms with Gasteiger partial charge in [0.15, 0.2) is 0 Å². The quantitative estimate of drug-likeness (QED) is 0.578. The second kappa shape index (κ2) is 8.38. The van der Waals surface area contributed by atoms with Crippen molar-refractivity contribution in [2.75, 3.05) is 5.32 Å². The third-order valence-electron chi connectivity index (χ3n) is 6.08. The Hall–Kier alpha value is -4.20. The minimum atomic E-state index is -0.309. The molecule has 2 aliphatic rings. The number of pyridine rings is 1. The molecular formula is C25H23N5O3. The first-order valence-corrected chi connectivity index (χ1v) is 10.8. The van der Waals surface area contributed by atoms with Crippen molar-refractivity contribution < 1.29 is 14.4 Å². The Morgan fingerprint density at radius 1 is 1.15 bits per heavy atom. The van der Waals surface area contributed by atoms with E-state index in [0.717, 1.165) is 21.9 Å². The summed E-state index contributed by atoms with van der Waals surface area (Å²) in [4.78, 5) is 42.7. The van der Waals surface area contributed by atoms with Crippen LogP contribution in [0.4, 0.5) is 10.5 Å². The number of hydrogen-bond donors (Lipinski definition) is 3. The zero-order valence-corrected chi connectivity index (χ0v) is 17.9. The van der Waals surface area contributed by atoms with Crippen LogP contribution in [0.15, 0.2) is 67.1 Å². The average molecular weight is 441 g/mol. The number of aromatic nitrogens is 1. The molecule has 0 saturated carbocycles. The van der Waals surface area contributed by atoms with E-state index in [0.29, 0.717) is 42.9 Å². The number of nitrogens with one attached hydrogen (secondary N) is 3. The molecule has 1 unspecified atom stereocenters. The zero-order chi connectivity index (χ0) is 22.9. The van der Waals surface area contributed by atoms with Gasteiger partial charge in [-0.05, 0) is 47.2 Å². The first kappa shape index (κ1) is 20.7. The lowest BCUT2D eigenvalue weighted by Crippen LogP contribution is -2.45. The standard InChI is InChI=1S/C25H23N5O3/c1-15-22(6-7-23(31)28-15)30-14-19-10-16(2-5-21(19)24(30)32)12-27-25(33)29-20-4-3-18-13-26-9-8-17(18)11-20/h2-5,8-11,13,22H,1,6-7,12,14H2,(H,28,31)(H2,27,29,33). The Labute approximate surface area is 190 Å². The maximum absolute atomic E-state index is 12.9. The van der Waals surface area contributed by atoms with Gasteiger partial charge in [0.2, 0.25) is 5.91 Å². The molecule has 0 aliphatic carbocycles. The summed E-state index contributed by atoms with van der Waals surface area (Å²) >= 11 is 0. The van der Waals surface area contributed by atoms with E-state index in [1.54, 1.807) is 23.4 Å². The number of anilines is 1. The lowest BCUT2D eigenvalue weighted by atomic mass is 10.0. The van der Waals surface area contributed by atoms with Crippen LogP contribution >= 0.6 is 0 Å². The monoisotopic (exact) mass is 441 g/mol. The van der Waals surface area contributed by atoms with E-state index in [9.17, 15) is 14.4 Å². The lowest BCUT2D eigenvalue weighted by Gasteiger charge is -2.32. The molecule has 1 atom stereocenters. The van der Waals surface area contributed by atoms with E-state index in [-0.39, 0.29) is 23.9 Å². The van der Waals surface area contributed by atoms with Gasteiger partial charge < -0.3 is 20.9 Å². The number of rotatable bonds is 4. The van der Waals surface area contributed by atoms with E-state index in [2.05, 4.69) is 27.5 Å². The number of urea groups is 1. The second-order valence-corrected chi connectivity index (χ2v) is 8.30. The number of carbonyl (C=O) groups is 3. The first-order valence-electron chi connectivity index (χ1n) is 10.8. The summed E-state index contributed by atoms with van der Waals surface area (Å²) < 4.78 is 0. The molecule has 4 amide bonds. The summed E-state index contributed by atoms with van der Waals surface area (Å²) in [6, 6.07) is 12.6. The minimum absolute atomic E-state index is 0.0592. The average Bonchev–Trinajstić information content (AvgIpc) is 3.13. The van der Waals surface area contributed by atoms with Gasteiger partial charge in [-0.25, -0.2) is 4.79 Å². The zero-order valence-electron chi connectivity index (χ0n) is 17.9. The van der Waals surface area contributed by atoms with Crippen molar-refractivity contribution in [2.45, 2.75) is 32.0 Å². The Morgan fingerprint density at radius 3 is 2.88 bits per heavy atom. The van der Waals surface area contributed by atoms with Crippen molar-refractivity contribution in [1.82, 2.24) is 20.5 Å². The van der Waals surface area contributed by atoms with Crippen LogP contribution in [0.25, 0.3) is 10.8 Å². The number of carbonyl (C=O) groups excluding carboxylic acids is 3. The molecule has 5 rings (SSSR count). The Balaban J connectivity index is 1.21. The van der Waals surface area contributed by atoms with Crippen molar-refractivity contribution in [1.29, 1.82) is 0 Å². The Bertz CT molecular complexity index is 1300. The molecule has 2 aliphatic heterocycles. The number of nitrogens with zero attached hydrogens (tertiary/aromatic N) is 2. The van der Waals surface area contributed by atoms with Gasteiger partial charge in [0, 0.05) is 54.2 Å². The van der Waals surface area contributed by atoms with Crippen LogP contribution in [-0.2, 0) is 17.9 Å². The molecule has 2 aromatic carbocycles. The van der Waals surface area contributed by atoms with Crippen molar-refractivity contribution in [3.8, 4) is 0 Å².